The van der Waals surface area contributed by atoms with Crippen molar-refractivity contribution in [3.8, 4) is 11.1 Å². The van der Waals surface area contributed by atoms with Crippen molar-refractivity contribution in [1.82, 2.24) is 10.2 Å². The maximum atomic E-state index is 13.2. The maximum absolute atomic E-state index is 13.2. The lowest BCUT2D eigenvalue weighted by atomic mass is 9.73. The summed E-state index contributed by atoms with van der Waals surface area (Å²) in [5.74, 6) is -0.0540. The number of carbonyl (C=O) groups excluding carboxylic acids is 3. The predicted molar refractivity (Wildman–Crippen MR) is 134 cm³/mol. The molecule has 1 saturated heterocycles. The molecule has 7 nitrogen and oxygen atoms in total. The van der Waals surface area contributed by atoms with Gasteiger partial charge in [0.25, 0.3) is 5.91 Å². The molecule has 0 atom stereocenters. The second-order valence-corrected chi connectivity index (χ2v) is 11.0. The number of hydrogen-bond donors (Lipinski definition) is 2. The van der Waals surface area contributed by atoms with Gasteiger partial charge >= 0.3 is 6.09 Å². The van der Waals surface area contributed by atoms with Crippen LogP contribution in [0.3, 0.4) is 0 Å². The van der Waals surface area contributed by atoms with E-state index < -0.39 is 11.0 Å². The molecule has 1 aliphatic carbocycles. The monoisotopic (exact) mass is 475 g/mol. The van der Waals surface area contributed by atoms with Gasteiger partial charge in [-0.25, -0.2) is 4.79 Å². The number of aryl methyl sites for hydroxylation is 1. The lowest BCUT2D eigenvalue weighted by Gasteiger charge is -2.38. The van der Waals surface area contributed by atoms with Crippen molar-refractivity contribution in [2.75, 3.05) is 18.4 Å². The fraction of sp³-hybridized carbons (Fsp3) is 0.464. The number of likely N-dealkylation sites (tertiary alicyclic amines) is 1. The number of piperidine rings is 1. The molecule has 2 aromatic rings. The molecule has 7 heteroatoms. The number of rotatable bonds is 3. The fourth-order valence-electron chi connectivity index (χ4n) is 5.06. The summed E-state index contributed by atoms with van der Waals surface area (Å²) in [6, 6.07) is 12.1. The van der Waals surface area contributed by atoms with Gasteiger partial charge in [-0.1, -0.05) is 18.2 Å². The molecular weight excluding hydrogens is 442 g/mol. The molecule has 3 amide bonds. The third-order valence-corrected chi connectivity index (χ3v) is 7.21. The highest BCUT2D eigenvalue weighted by Crippen LogP contribution is 2.46. The molecule has 1 spiro atoms. The summed E-state index contributed by atoms with van der Waals surface area (Å²) in [4.78, 5) is 39.9. The Kier molecular flexibility index (Phi) is 5.61. The zero-order valence-electron chi connectivity index (χ0n) is 20.9. The minimum atomic E-state index is -0.632. The number of nitrogens with zero attached hydrogens (tertiary/aromatic N) is 1. The summed E-state index contributed by atoms with van der Waals surface area (Å²) < 4.78 is 5.51. The van der Waals surface area contributed by atoms with E-state index in [0.717, 1.165) is 40.8 Å². The highest BCUT2D eigenvalue weighted by molar-refractivity contribution is 6.07. The molecule has 1 saturated carbocycles. The molecule has 2 N–H and O–H groups in total. The van der Waals surface area contributed by atoms with Crippen molar-refractivity contribution in [3.63, 3.8) is 0 Å². The minimum absolute atomic E-state index is 0.0113. The number of anilines is 1. The first kappa shape index (κ1) is 23.4. The van der Waals surface area contributed by atoms with Crippen LogP contribution in [0.15, 0.2) is 36.4 Å². The van der Waals surface area contributed by atoms with Gasteiger partial charge in [-0.15, -0.1) is 0 Å². The van der Waals surface area contributed by atoms with Gasteiger partial charge in [-0.2, -0.15) is 0 Å². The summed E-state index contributed by atoms with van der Waals surface area (Å²) in [7, 11) is 0. The lowest BCUT2D eigenvalue weighted by molar-refractivity contribution is -0.122. The van der Waals surface area contributed by atoms with Crippen molar-refractivity contribution in [2.45, 2.75) is 70.4 Å². The Morgan fingerprint density at radius 1 is 1.09 bits per heavy atom. The Balaban J connectivity index is 1.37. The van der Waals surface area contributed by atoms with Crippen molar-refractivity contribution >= 4 is 23.6 Å². The molecule has 0 unspecified atom stereocenters. The Morgan fingerprint density at radius 2 is 1.80 bits per heavy atom. The first-order valence-corrected chi connectivity index (χ1v) is 12.4. The van der Waals surface area contributed by atoms with Crippen LogP contribution in [0.25, 0.3) is 11.1 Å². The Hall–Kier alpha value is -3.35. The molecule has 184 valence electrons. The molecule has 35 heavy (non-hydrogen) atoms. The average molecular weight is 476 g/mol. The van der Waals surface area contributed by atoms with Gasteiger partial charge in [0.05, 0.1) is 5.41 Å². The summed E-state index contributed by atoms with van der Waals surface area (Å²) in [6.45, 7) is 8.53. The second-order valence-electron chi connectivity index (χ2n) is 11.0. The van der Waals surface area contributed by atoms with E-state index in [2.05, 4.69) is 10.6 Å². The zero-order valence-corrected chi connectivity index (χ0v) is 20.9. The maximum Gasteiger partial charge on any atom is 0.410 e. The lowest BCUT2D eigenvalue weighted by Crippen LogP contribution is -2.49. The van der Waals surface area contributed by atoms with E-state index in [0.29, 0.717) is 37.5 Å². The Labute approximate surface area is 206 Å². The van der Waals surface area contributed by atoms with Crippen LogP contribution in [0.1, 0.15) is 67.9 Å². The zero-order chi connectivity index (χ0) is 25.0. The van der Waals surface area contributed by atoms with Crippen molar-refractivity contribution < 1.29 is 19.1 Å². The number of ether oxygens (including phenoxy) is 1. The van der Waals surface area contributed by atoms with Crippen molar-refractivity contribution in [3.05, 3.63) is 53.1 Å². The molecular formula is C28H33N3O4. The molecule has 2 fully saturated rings. The highest BCUT2D eigenvalue weighted by Gasteiger charge is 2.49. The minimum Gasteiger partial charge on any atom is -0.444 e. The molecule has 2 aromatic carbocycles. The smallest absolute Gasteiger partial charge is 0.410 e. The molecule has 0 bridgehead atoms. The second kappa shape index (κ2) is 8.40. The molecule has 5 rings (SSSR count). The van der Waals surface area contributed by atoms with Crippen LogP contribution >= 0.6 is 0 Å². The van der Waals surface area contributed by atoms with E-state index in [9.17, 15) is 14.4 Å². The van der Waals surface area contributed by atoms with Crippen LogP contribution in [-0.4, -0.2) is 47.5 Å². The van der Waals surface area contributed by atoms with Crippen LogP contribution in [-0.2, 0) is 14.9 Å². The van der Waals surface area contributed by atoms with Gasteiger partial charge < -0.3 is 20.3 Å². The van der Waals surface area contributed by atoms with Crippen LogP contribution < -0.4 is 10.6 Å². The quantitative estimate of drug-likeness (QED) is 0.669. The number of hydrogen-bond acceptors (Lipinski definition) is 4. The number of benzene rings is 2. The van der Waals surface area contributed by atoms with Gasteiger partial charge in [-0.3, -0.25) is 9.59 Å². The number of carbonyl (C=O) groups is 3. The first-order chi connectivity index (χ1) is 16.6. The van der Waals surface area contributed by atoms with E-state index >= 15 is 0 Å². The van der Waals surface area contributed by atoms with Crippen molar-refractivity contribution in [2.24, 2.45) is 0 Å². The third kappa shape index (κ3) is 4.51. The molecule has 2 aliphatic heterocycles. The summed E-state index contributed by atoms with van der Waals surface area (Å²) in [6.07, 6.45) is 2.88. The average Bonchev–Trinajstić information content (AvgIpc) is 3.57. The van der Waals surface area contributed by atoms with Gasteiger partial charge in [0.2, 0.25) is 5.91 Å². The topological polar surface area (TPSA) is 87.7 Å². The van der Waals surface area contributed by atoms with E-state index in [1.54, 1.807) is 4.90 Å². The van der Waals surface area contributed by atoms with E-state index in [-0.39, 0.29) is 17.9 Å². The van der Waals surface area contributed by atoms with Crippen LogP contribution in [0.2, 0.25) is 0 Å². The summed E-state index contributed by atoms with van der Waals surface area (Å²) in [5.41, 5.74) is 4.27. The fourth-order valence-corrected chi connectivity index (χ4v) is 5.06. The van der Waals surface area contributed by atoms with E-state index in [1.165, 1.54) is 0 Å². The predicted octanol–water partition coefficient (Wildman–Crippen LogP) is 4.78. The Morgan fingerprint density at radius 3 is 2.46 bits per heavy atom. The normalized spacial score (nSPS) is 18.7. The van der Waals surface area contributed by atoms with E-state index in [4.69, 9.17) is 4.74 Å². The number of amides is 3. The van der Waals surface area contributed by atoms with Gasteiger partial charge in [-0.05, 0) is 93.8 Å². The van der Waals surface area contributed by atoms with Gasteiger partial charge in [0.15, 0.2) is 0 Å². The van der Waals surface area contributed by atoms with Crippen molar-refractivity contribution in [1.29, 1.82) is 0 Å². The molecule has 0 aromatic heterocycles. The van der Waals surface area contributed by atoms with Crippen LogP contribution in [0.4, 0.5) is 10.5 Å². The largest absolute Gasteiger partial charge is 0.444 e. The summed E-state index contributed by atoms with van der Waals surface area (Å²) >= 11 is 0. The molecule has 0 radical (unpaired) electrons. The van der Waals surface area contributed by atoms with Crippen LogP contribution in [0.5, 0.6) is 0 Å². The Bertz CT molecular complexity index is 1200. The molecule has 3 aliphatic rings. The first-order valence-electron chi connectivity index (χ1n) is 12.4. The number of fused-ring (bicyclic) bond motifs is 2. The summed E-state index contributed by atoms with van der Waals surface area (Å²) in [5, 5.41) is 6.13. The standard InChI is InChI=1S/C28H33N3O4/c1-17-5-6-19(24(32)29-20-8-9-20)15-21(17)18-7-10-22-23(16-18)30-25(33)28(22)11-13-31(14-12-28)26(34)35-27(2,3)4/h5-7,10,15-16,20H,8-9,11-14H2,1-4H3,(H,29,32)(H,30,33). The third-order valence-electron chi connectivity index (χ3n) is 7.21. The number of nitrogens with one attached hydrogen (secondary N) is 2. The van der Waals surface area contributed by atoms with E-state index in [1.807, 2.05) is 64.1 Å². The molecule has 2 heterocycles. The van der Waals surface area contributed by atoms with Gasteiger partial charge in [0, 0.05) is 30.4 Å². The highest BCUT2D eigenvalue weighted by atomic mass is 16.6. The van der Waals surface area contributed by atoms with Crippen LogP contribution in [0, 0.1) is 6.92 Å². The SMILES string of the molecule is Cc1ccc(C(=O)NC2CC2)cc1-c1ccc2c(c1)NC(=O)C21CCN(C(=O)OC(C)(C)C)CC1. The van der Waals surface area contributed by atoms with Gasteiger partial charge in [0.1, 0.15) is 5.60 Å².